The quantitative estimate of drug-likeness (QED) is 0.535. The zero-order valence-corrected chi connectivity index (χ0v) is 20.2. The Morgan fingerprint density at radius 3 is 2.57 bits per heavy atom. The lowest BCUT2D eigenvalue weighted by Gasteiger charge is -2.27. The second-order valence-electron chi connectivity index (χ2n) is 8.30. The second kappa shape index (κ2) is 9.24. The monoisotopic (exact) mass is 511 g/mol. The van der Waals surface area contributed by atoms with Crippen LogP contribution in [0.5, 0.6) is 5.75 Å². The van der Waals surface area contributed by atoms with Gasteiger partial charge in [0.15, 0.2) is 6.61 Å². The molecule has 1 fully saturated rings. The third-order valence-electron chi connectivity index (χ3n) is 5.91. The molecule has 0 radical (unpaired) electrons. The Labute approximate surface area is 208 Å². The highest BCUT2D eigenvalue weighted by Gasteiger charge is 2.29. The van der Waals surface area contributed by atoms with Crippen molar-refractivity contribution in [1.82, 2.24) is 0 Å². The number of hydrogen-bond acceptors (Lipinski definition) is 5. The zero-order chi connectivity index (χ0) is 24.6. The molecule has 1 saturated heterocycles. The zero-order valence-electron chi connectivity index (χ0n) is 18.6. The summed E-state index contributed by atoms with van der Waals surface area (Å²) >= 11 is 6.02. The number of nitrogens with one attached hydrogen (secondary N) is 1. The number of rotatable bonds is 6. The Hall–Kier alpha value is -3.56. The van der Waals surface area contributed by atoms with E-state index in [0.717, 1.165) is 12.0 Å². The molecule has 2 amide bonds. The number of carbonyl (C=O) groups excluding carboxylic acids is 2. The van der Waals surface area contributed by atoms with Crippen LogP contribution >= 0.6 is 11.6 Å². The number of fused-ring (bicyclic) bond motifs is 1. The fourth-order valence-electron chi connectivity index (χ4n) is 4.16. The van der Waals surface area contributed by atoms with E-state index in [1.807, 2.05) is 0 Å². The van der Waals surface area contributed by atoms with E-state index >= 15 is 0 Å². The van der Waals surface area contributed by atoms with Crippen molar-refractivity contribution in [2.45, 2.75) is 24.3 Å². The molecule has 2 aliphatic rings. The van der Waals surface area contributed by atoms with Crippen LogP contribution < -0.4 is 19.3 Å². The van der Waals surface area contributed by atoms with Gasteiger partial charge in [-0.05, 0) is 60.5 Å². The minimum atomic E-state index is -4.08. The van der Waals surface area contributed by atoms with Crippen molar-refractivity contribution < 1.29 is 22.7 Å². The molecule has 1 N–H and O–H groups in total. The van der Waals surface area contributed by atoms with Gasteiger partial charge in [0.2, 0.25) is 5.91 Å². The molecular formula is C25H22ClN3O5S. The number of halogens is 1. The fraction of sp³-hybridized carbons (Fsp3) is 0.200. The first kappa shape index (κ1) is 23.2. The van der Waals surface area contributed by atoms with Crippen molar-refractivity contribution in [3.63, 3.8) is 0 Å². The minimum absolute atomic E-state index is 0.00124. The van der Waals surface area contributed by atoms with Gasteiger partial charge >= 0.3 is 0 Å². The molecule has 10 heteroatoms. The van der Waals surface area contributed by atoms with Gasteiger partial charge in [-0.1, -0.05) is 29.8 Å². The first-order chi connectivity index (χ1) is 16.8. The molecule has 2 aliphatic heterocycles. The largest absolute Gasteiger partial charge is 0.482 e. The van der Waals surface area contributed by atoms with Gasteiger partial charge in [-0.25, -0.2) is 8.42 Å². The minimum Gasteiger partial charge on any atom is -0.482 e. The summed E-state index contributed by atoms with van der Waals surface area (Å²) in [5.41, 5.74) is 2.09. The number of sulfonamides is 1. The van der Waals surface area contributed by atoms with Crippen molar-refractivity contribution in [3.05, 3.63) is 77.3 Å². The maximum absolute atomic E-state index is 13.9. The van der Waals surface area contributed by atoms with Crippen LogP contribution in [0.2, 0.25) is 5.02 Å². The number of nitrogens with zero attached hydrogens (tertiary/aromatic N) is 2. The highest BCUT2D eigenvalue weighted by molar-refractivity contribution is 7.92. The molecule has 0 aromatic heterocycles. The summed E-state index contributed by atoms with van der Waals surface area (Å²) in [4.78, 5) is 25.7. The Balaban J connectivity index is 1.57. The summed E-state index contributed by atoms with van der Waals surface area (Å²) in [5.74, 6) is 0.0649. The summed E-state index contributed by atoms with van der Waals surface area (Å²) < 4.78 is 34.5. The van der Waals surface area contributed by atoms with E-state index in [-0.39, 0.29) is 29.9 Å². The standard InChI is InChI=1S/C25H22ClN3O5S/c26-18-8-6-17(7-9-18)15-29(20-4-1-3-19(13-20)28-12-2-5-25(28)31)35(32,33)21-10-11-23-22(14-21)27-24(30)16-34-23/h1,3-4,6-11,13-14H,2,5,12,15-16H2,(H,27,30). The van der Waals surface area contributed by atoms with Gasteiger partial charge in [0.25, 0.3) is 15.9 Å². The lowest BCUT2D eigenvalue weighted by molar-refractivity contribution is -0.119. The molecule has 2 heterocycles. The van der Waals surface area contributed by atoms with Gasteiger partial charge < -0.3 is 15.0 Å². The molecule has 0 atom stereocenters. The maximum atomic E-state index is 13.9. The lowest BCUT2D eigenvalue weighted by Crippen LogP contribution is -2.31. The van der Waals surface area contributed by atoms with E-state index in [1.165, 1.54) is 22.5 Å². The predicted molar refractivity (Wildman–Crippen MR) is 133 cm³/mol. The van der Waals surface area contributed by atoms with Gasteiger partial charge in [0.05, 0.1) is 22.8 Å². The SMILES string of the molecule is O=C1COc2ccc(S(=O)(=O)N(Cc3ccc(Cl)cc3)c3cccc(N4CCCC4=O)c3)cc2N1. The summed E-state index contributed by atoms with van der Waals surface area (Å²) in [7, 11) is -4.08. The van der Waals surface area contributed by atoms with E-state index in [0.29, 0.717) is 40.8 Å². The van der Waals surface area contributed by atoms with Crippen molar-refractivity contribution in [1.29, 1.82) is 0 Å². The molecule has 0 unspecified atom stereocenters. The van der Waals surface area contributed by atoms with Crippen molar-refractivity contribution >= 4 is 50.5 Å². The number of anilines is 3. The van der Waals surface area contributed by atoms with Crippen LogP contribution in [0.1, 0.15) is 18.4 Å². The Bertz CT molecular complexity index is 1410. The number of benzene rings is 3. The van der Waals surface area contributed by atoms with Gasteiger partial charge in [-0.2, -0.15) is 0 Å². The smallest absolute Gasteiger partial charge is 0.264 e. The number of hydrogen-bond donors (Lipinski definition) is 1. The van der Waals surface area contributed by atoms with Gasteiger partial charge in [-0.3, -0.25) is 13.9 Å². The predicted octanol–water partition coefficient (Wildman–Crippen LogP) is 4.19. The molecule has 0 spiro atoms. The van der Waals surface area contributed by atoms with Crippen LogP contribution in [-0.4, -0.2) is 33.4 Å². The first-order valence-electron chi connectivity index (χ1n) is 11.1. The number of carbonyl (C=O) groups is 2. The molecule has 180 valence electrons. The second-order valence-corrected chi connectivity index (χ2v) is 10.6. The van der Waals surface area contributed by atoms with Crippen molar-refractivity contribution in [2.24, 2.45) is 0 Å². The average Bonchev–Trinajstić information content (AvgIpc) is 3.29. The van der Waals surface area contributed by atoms with E-state index in [1.54, 1.807) is 53.4 Å². The third-order valence-corrected chi connectivity index (χ3v) is 7.94. The summed E-state index contributed by atoms with van der Waals surface area (Å²) in [6.45, 7) is 0.511. The van der Waals surface area contributed by atoms with E-state index in [9.17, 15) is 18.0 Å². The van der Waals surface area contributed by atoms with Gasteiger partial charge in [0.1, 0.15) is 5.75 Å². The molecule has 0 saturated carbocycles. The normalized spacial score (nSPS) is 15.4. The van der Waals surface area contributed by atoms with Crippen LogP contribution in [0.15, 0.2) is 71.6 Å². The van der Waals surface area contributed by atoms with E-state index < -0.39 is 10.0 Å². The topological polar surface area (TPSA) is 96.0 Å². The van der Waals surface area contributed by atoms with Gasteiger partial charge in [-0.15, -0.1) is 0 Å². The Morgan fingerprint density at radius 2 is 1.83 bits per heavy atom. The van der Waals surface area contributed by atoms with Crippen molar-refractivity contribution in [2.75, 3.05) is 27.7 Å². The number of ether oxygens (including phenoxy) is 1. The highest BCUT2D eigenvalue weighted by atomic mass is 35.5. The molecule has 0 aliphatic carbocycles. The summed E-state index contributed by atoms with van der Waals surface area (Å²) in [6, 6.07) is 18.2. The molecule has 35 heavy (non-hydrogen) atoms. The van der Waals surface area contributed by atoms with Crippen molar-refractivity contribution in [3.8, 4) is 5.75 Å². The molecule has 8 nitrogen and oxygen atoms in total. The first-order valence-corrected chi connectivity index (χ1v) is 12.9. The lowest BCUT2D eigenvalue weighted by atomic mass is 10.2. The molecule has 0 bridgehead atoms. The number of amides is 2. The van der Waals surface area contributed by atoms with Crippen LogP contribution in [0, 0.1) is 0 Å². The van der Waals surface area contributed by atoms with E-state index in [2.05, 4.69) is 5.32 Å². The Morgan fingerprint density at radius 1 is 1.03 bits per heavy atom. The molecular weight excluding hydrogens is 490 g/mol. The fourth-order valence-corrected chi connectivity index (χ4v) is 5.76. The van der Waals surface area contributed by atoms with Gasteiger partial charge in [0, 0.05) is 23.7 Å². The molecule has 3 aromatic rings. The van der Waals surface area contributed by atoms with Crippen LogP contribution in [0.25, 0.3) is 0 Å². The summed E-state index contributed by atoms with van der Waals surface area (Å²) in [5, 5.41) is 3.20. The Kier molecular flexibility index (Phi) is 6.12. The van der Waals surface area contributed by atoms with Crippen LogP contribution in [0.4, 0.5) is 17.1 Å². The molecule has 5 rings (SSSR count). The van der Waals surface area contributed by atoms with Crippen LogP contribution in [0.3, 0.4) is 0 Å². The highest BCUT2D eigenvalue weighted by Crippen LogP contribution is 2.35. The van der Waals surface area contributed by atoms with E-state index in [4.69, 9.17) is 16.3 Å². The summed E-state index contributed by atoms with van der Waals surface area (Å²) in [6.07, 6.45) is 1.23. The average molecular weight is 512 g/mol. The third kappa shape index (κ3) is 4.69. The maximum Gasteiger partial charge on any atom is 0.264 e. The van der Waals surface area contributed by atoms with Crippen LogP contribution in [-0.2, 0) is 26.2 Å². The molecule has 3 aromatic carbocycles.